The number of rotatable bonds is 5. The van der Waals surface area contributed by atoms with E-state index in [1.54, 1.807) is 0 Å². The van der Waals surface area contributed by atoms with Crippen molar-refractivity contribution in [2.24, 2.45) is 0 Å². The van der Waals surface area contributed by atoms with Gasteiger partial charge in [0.1, 0.15) is 18.5 Å². The van der Waals surface area contributed by atoms with Crippen molar-refractivity contribution in [1.82, 2.24) is 4.90 Å². The molecule has 0 N–H and O–H groups in total. The lowest BCUT2D eigenvalue weighted by Gasteiger charge is -2.31. The van der Waals surface area contributed by atoms with Gasteiger partial charge in [0, 0.05) is 19.2 Å². The van der Waals surface area contributed by atoms with E-state index in [1.165, 1.54) is 18.2 Å². The Kier molecular flexibility index (Phi) is 5.17. The Balaban J connectivity index is 1.96. The lowest BCUT2D eigenvalue weighted by atomic mass is 10.2. The van der Waals surface area contributed by atoms with E-state index in [1.807, 2.05) is 0 Å². The van der Waals surface area contributed by atoms with Crippen LogP contribution in [0.4, 0.5) is 5.69 Å². The summed E-state index contributed by atoms with van der Waals surface area (Å²) in [6, 6.07) is 4.16. The number of hydrogen-bond acceptors (Lipinski definition) is 5. The summed E-state index contributed by atoms with van der Waals surface area (Å²) >= 11 is 5.98. The van der Waals surface area contributed by atoms with E-state index in [0.717, 1.165) is 19.6 Å². The maximum absolute atomic E-state index is 10.7. The van der Waals surface area contributed by atoms with Crippen LogP contribution in [0, 0.1) is 10.1 Å². The lowest BCUT2D eigenvalue weighted by Crippen LogP contribution is -2.44. The molecule has 0 radical (unpaired) electrons. The highest BCUT2D eigenvalue weighted by Crippen LogP contribution is 2.29. The maximum atomic E-state index is 10.7. The van der Waals surface area contributed by atoms with Crippen molar-refractivity contribution < 1.29 is 14.4 Å². The van der Waals surface area contributed by atoms with Crippen LogP contribution in [0.3, 0.4) is 0 Å². The van der Waals surface area contributed by atoms with Gasteiger partial charge in [-0.1, -0.05) is 18.5 Å². The van der Waals surface area contributed by atoms with Crippen LogP contribution in [0.2, 0.25) is 5.02 Å². The average molecular weight is 301 g/mol. The highest BCUT2D eigenvalue weighted by atomic mass is 35.5. The first-order valence-corrected chi connectivity index (χ1v) is 6.88. The number of likely N-dealkylation sites (N-methyl/N-ethyl adjacent to an activating group) is 1. The molecule has 1 aromatic rings. The third-order valence-corrected chi connectivity index (χ3v) is 3.53. The van der Waals surface area contributed by atoms with Crippen molar-refractivity contribution in [3.05, 3.63) is 33.3 Å². The van der Waals surface area contributed by atoms with Gasteiger partial charge in [-0.2, -0.15) is 0 Å². The molecule has 6 nitrogen and oxygen atoms in total. The second kappa shape index (κ2) is 6.88. The number of nitrogens with zero attached hydrogens (tertiary/aromatic N) is 2. The predicted molar refractivity (Wildman–Crippen MR) is 75.5 cm³/mol. The zero-order valence-corrected chi connectivity index (χ0v) is 12.0. The fourth-order valence-corrected chi connectivity index (χ4v) is 2.24. The third kappa shape index (κ3) is 3.82. The summed E-state index contributed by atoms with van der Waals surface area (Å²) in [6.07, 6.45) is -0.0426. The minimum absolute atomic E-state index is 0.0378. The molecule has 0 saturated carbocycles. The van der Waals surface area contributed by atoms with Crippen LogP contribution in [-0.4, -0.2) is 48.8 Å². The molecule has 110 valence electrons. The van der Waals surface area contributed by atoms with E-state index in [4.69, 9.17) is 21.1 Å². The Morgan fingerprint density at radius 2 is 2.40 bits per heavy atom. The van der Waals surface area contributed by atoms with Gasteiger partial charge < -0.3 is 9.47 Å². The molecule has 1 aliphatic rings. The molecule has 7 heteroatoms. The van der Waals surface area contributed by atoms with Gasteiger partial charge in [0.2, 0.25) is 0 Å². The van der Waals surface area contributed by atoms with E-state index in [9.17, 15) is 10.1 Å². The largest absolute Gasteiger partial charge is 0.489 e. The molecule has 1 atom stereocenters. The Morgan fingerprint density at radius 3 is 3.10 bits per heavy atom. The second-order valence-electron chi connectivity index (χ2n) is 4.57. The molecule has 1 fully saturated rings. The van der Waals surface area contributed by atoms with Gasteiger partial charge in [0.15, 0.2) is 0 Å². The van der Waals surface area contributed by atoms with Gasteiger partial charge in [0.05, 0.1) is 22.6 Å². The zero-order chi connectivity index (χ0) is 14.5. The summed E-state index contributed by atoms with van der Waals surface area (Å²) in [7, 11) is 0. The third-order valence-electron chi connectivity index (χ3n) is 3.22. The molecule has 0 aliphatic carbocycles. The summed E-state index contributed by atoms with van der Waals surface area (Å²) in [5.41, 5.74) is -0.0378. The van der Waals surface area contributed by atoms with Gasteiger partial charge in [-0.3, -0.25) is 15.0 Å². The Bertz CT molecular complexity index is 483. The molecular weight excluding hydrogens is 284 g/mol. The number of hydrogen-bond donors (Lipinski definition) is 0. The molecule has 0 amide bonds. The van der Waals surface area contributed by atoms with Crippen LogP contribution in [0.25, 0.3) is 0 Å². The number of nitro groups is 1. The smallest absolute Gasteiger partial charge is 0.273 e. The molecule has 1 aromatic carbocycles. The molecule has 1 saturated heterocycles. The van der Waals surface area contributed by atoms with Gasteiger partial charge in [-0.25, -0.2) is 0 Å². The number of morpholine rings is 1. The van der Waals surface area contributed by atoms with Crippen LogP contribution in [-0.2, 0) is 4.74 Å². The first-order valence-electron chi connectivity index (χ1n) is 6.51. The number of ether oxygens (including phenoxy) is 2. The van der Waals surface area contributed by atoms with Crippen molar-refractivity contribution in [2.45, 2.75) is 13.0 Å². The van der Waals surface area contributed by atoms with Crippen molar-refractivity contribution in [3.8, 4) is 5.75 Å². The Labute approximate surface area is 122 Å². The van der Waals surface area contributed by atoms with Crippen LogP contribution < -0.4 is 4.74 Å². The first-order chi connectivity index (χ1) is 9.60. The normalized spacial score (nSPS) is 19.8. The summed E-state index contributed by atoms with van der Waals surface area (Å²) in [4.78, 5) is 12.5. The quantitative estimate of drug-likeness (QED) is 0.617. The monoisotopic (exact) mass is 300 g/mol. The molecule has 0 spiro atoms. The molecule has 1 unspecified atom stereocenters. The van der Waals surface area contributed by atoms with Crippen LogP contribution in [0.1, 0.15) is 6.92 Å². The molecule has 2 rings (SSSR count). The number of nitro benzene ring substituents is 1. The summed E-state index contributed by atoms with van der Waals surface area (Å²) in [5, 5.41) is 11.1. The van der Waals surface area contributed by atoms with Crippen LogP contribution in [0.15, 0.2) is 18.2 Å². The lowest BCUT2D eigenvalue weighted by molar-refractivity contribution is -0.384. The molecule has 0 aromatic heterocycles. The van der Waals surface area contributed by atoms with Gasteiger partial charge in [-0.05, 0) is 12.6 Å². The van der Waals surface area contributed by atoms with Crippen molar-refractivity contribution >= 4 is 17.3 Å². The molecule has 1 heterocycles. The van der Waals surface area contributed by atoms with E-state index in [0.29, 0.717) is 24.0 Å². The zero-order valence-electron chi connectivity index (χ0n) is 11.3. The van der Waals surface area contributed by atoms with Gasteiger partial charge >= 0.3 is 0 Å². The summed E-state index contributed by atoms with van der Waals surface area (Å²) in [5.74, 6) is 0.318. The number of non-ortho nitro benzene ring substituents is 1. The van der Waals surface area contributed by atoms with Crippen LogP contribution in [0.5, 0.6) is 5.75 Å². The standard InChI is InChI=1S/C13H17ClN2O4/c1-2-15-5-6-19-11(8-15)9-20-13-7-10(16(17)18)3-4-12(13)14/h3-4,7,11H,2,5-6,8-9H2,1H3. The minimum atomic E-state index is -0.473. The molecular formula is C13H17ClN2O4. The first kappa shape index (κ1) is 15.0. The van der Waals surface area contributed by atoms with Gasteiger partial charge in [0.25, 0.3) is 5.69 Å². The van der Waals surface area contributed by atoms with E-state index in [2.05, 4.69) is 11.8 Å². The fourth-order valence-electron chi connectivity index (χ4n) is 2.07. The molecule has 1 aliphatic heterocycles. The SMILES string of the molecule is CCN1CCOC(COc2cc([N+](=O)[O-])ccc2Cl)C1. The fraction of sp³-hybridized carbons (Fsp3) is 0.538. The number of halogens is 1. The topological polar surface area (TPSA) is 64.8 Å². The average Bonchev–Trinajstić information content (AvgIpc) is 2.46. The Hall–Kier alpha value is -1.37. The van der Waals surface area contributed by atoms with E-state index in [-0.39, 0.29) is 11.8 Å². The maximum Gasteiger partial charge on any atom is 0.273 e. The Morgan fingerprint density at radius 1 is 1.60 bits per heavy atom. The van der Waals surface area contributed by atoms with Crippen molar-refractivity contribution in [2.75, 3.05) is 32.8 Å². The van der Waals surface area contributed by atoms with Crippen molar-refractivity contribution in [3.63, 3.8) is 0 Å². The highest BCUT2D eigenvalue weighted by molar-refractivity contribution is 6.32. The summed E-state index contributed by atoms with van der Waals surface area (Å²) in [6.45, 7) is 5.79. The van der Waals surface area contributed by atoms with Gasteiger partial charge in [-0.15, -0.1) is 0 Å². The van der Waals surface area contributed by atoms with E-state index < -0.39 is 4.92 Å². The second-order valence-corrected chi connectivity index (χ2v) is 4.98. The van der Waals surface area contributed by atoms with E-state index >= 15 is 0 Å². The van der Waals surface area contributed by atoms with Crippen molar-refractivity contribution in [1.29, 1.82) is 0 Å². The highest BCUT2D eigenvalue weighted by Gasteiger charge is 2.20. The minimum Gasteiger partial charge on any atom is -0.489 e. The number of benzene rings is 1. The molecule has 0 bridgehead atoms. The molecule has 20 heavy (non-hydrogen) atoms. The summed E-state index contributed by atoms with van der Waals surface area (Å²) < 4.78 is 11.2. The van der Waals surface area contributed by atoms with Crippen LogP contribution >= 0.6 is 11.6 Å². The predicted octanol–water partition coefficient (Wildman–Crippen LogP) is 2.35.